The molecule has 6 heteroatoms. The maximum atomic E-state index is 11.9. The van der Waals surface area contributed by atoms with E-state index in [1.807, 2.05) is 6.07 Å². The molecule has 0 atom stereocenters. The molecule has 26 heavy (non-hydrogen) atoms. The Hall–Kier alpha value is -3.28. The van der Waals surface area contributed by atoms with E-state index in [9.17, 15) is 4.79 Å². The molecule has 132 valence electrons. The van der Waals surface area contributed by atoms with Crippen LogP contribution in [0.5, 0.6) is 0 Å². The summed E-state index contributed by atoms with van der Waals surface area (Å²) in [5, 5.41) is 6.01. The first-order valence-corrected chi connectivity index (χ1v) is 8.71. The molecule has 3 heterocycles. The Morgan fingerprint density at radius 1 is 1.00 bits per heavy atom. The van der Waals surface area contributed by atoms with E-state index in [1.165, 1.54) is 24.8 Å². The number of hydrogen-bond acceptors (Lipinski definition) is 5. The molecule has 1 aromatic carbocycles. The Morgan fingerprint density at radius 3 is 2.42 bits per heavy atom. The standard InChI is InChI=1S/C20H20N4O2/c25-20(18-4-3-13-26-18)23-16-7-10-19(21-14-16)22-15-5-8-17(9-6-15)24-11-1-2-12-24/h3-10,13-14H,1-2,11-12H2,(H,21,22)(H,23,25). The lowest BCUT2D eigenvalue weighted by atomic mass is 10.2. The van der Waals surface area contributed by atoms with Crippen molar-refractivity contribution in [1.82, 2.24) is 4.98 Å². The lowest BCUT2D eigenvalue weighted by molar-refractivity contribution is 0.0996. The van der Waals surface area contributed by atoms with Gasteiger partial charge in [-0.2, -0.15) is 0 Å². The number of pyridine rings is 1. The van der Waals surface area contributed by atoms with Crippen molar-refractivity contribution >= 4 is 28.8 Å². The van der Waals surface area contributed by atoms with Crippen LogP contribution in [0.2, 0.25) is 0 Å². The number of furan rings is 1. The molecule has 1 fully saturated rings. The van der Waals surface area contributed by atoms with Crippen molar-refractivity contribution in [3.05, 3.63) is 66.8 Å². The van der Waals surface area contributed by atoms with Crippen LogP contribution in [0.25, 0.3) is 0 Å². The molecule has 6 nitrogen and oxygen atoms in total. The highest BCUT2D eigenvalue weighted by atomic mass is 16.3. The average Bonchev–Trinajstić information content (AvgIpc) is 3.38. The summed E-state index contributed by atoms with van der Waals surface area (Å²) in [5.41, 5.74) is 2.85. The number of aromatic nitrogens is 1. The van der Waals surface area contributed by atoms with E-state index in [4.69, 9.17) is 4.42 Å². The molecular formula is C20H20N4O2. The SMILES string of the molecule is O=C(Nc1ccc(Nc2ccc(N3CCCC3)cc2)nc1)c1ccco1. The number of rotatable bonds is 5. The number of carbonyl (C=O) groups excluding carboxylic acids is 1. The minimum Gasteiger partial charge on any atom is -0.459 e. The van der Waals surface area contributed by atoms with Crippen LogP contribution >= 0.6 is 0 Å². The molecule has 1 amide bonds. The van der Waals surface area contributed by atoms with Gasteiger partial charge in [0.05, 0.1) is 18.1 Å². The highest BCUT2D eigenvalue weighted by molar-refractivity contribution is 6.02. The molecule has 0 bridgehead atoms. The van der Waals surface area contributed by atoms with Crippen LogP contribution < -0.4 is 15.5 Å². The van der Waals surface area contributed by atoms with Gasteiger partial charge in [0.25, 0.3) is 5.91 Å². The van der Waals surface area contributed by atoms with Crippen molar-refractivity contribution in [3.63, 3.8) is 0 Å². The maximum absolute atomic E-state index is 11.9. The molecule has 1 aliphatic heterocycles. The number of hydrogen-bond donors (Lipinski definition) is 2. The minimum atomic E-state index is -0.296. The Kier molecular flexibility index (Phi) is 4.55. The summed E-state index contributed by atoms with van der Waals surface area (Å²) in [5.74, 6) is 0.690. The smallest absolute Gasteiger partial charge is 0.291 e. The monoisotopic (exact) mass is 348 g/mol. The fourth-order valence-electron chi connectivity index (χ4n) is 3.02. The average molecular weight is 348 g/mol. The summed E-state index contributed by atoms with van der Waals surface area (Å²) >= 11 is 0. The lowest BCUT2D eigenvalue weighted by Crippen LogP contribution is -2.17. The molecule has 0 radical (unpaired) electrons. The van der Waals surface area contributed by atoms with Gasteiger partial charge >= 0.3 is 0 Å². The highest BCUT2D eigenvalue weighted by Gasteiger charge is 2.12. The summed E-state index contributed by atoms with van der Waals surface area (Å²) in [6.07, 6.45) is 5.62. The number of carbonyl (C=O) groups is 1. The predicted octanol–water partition coefficient (Wildman–Crippen LogP) is 4.27. The zero-order valence-electron chi connectivity index (χ0n) is 14.3. The zero-order chi connectivity index (χ0) is 17.8. The van der Waals surface area contributed by atoms with Gasteiger partial charge in [0.2, 0.25) is 0 Å². The molecule has 2 aromatic heterocycles. The normalized spacial score (nSPS) is 13.6. The van der Waals surface area contributed by atoms with E-state index < -0.39 is 0 Å². The van der Waals surface area contributed by atoms with E-state index >= 15 is 0 Å². The largest absolute Gasteiger partial charge is 0.459 e. The van der Waals surface area contributed by atoms with Crippen molar-refractivity contribution < 1.29 is 9.21 Å². The van der Waals surface area contributed by atoms with Crippen LogP contribution in [0, 0.1) is 0 Å². The third kappa shape index (κ3) is 3.69. The zero-order valence-corrected chi connectivity index (χ0v) is 14.3. The van der Waals surface area contributed by atoms with Crippen LogP contribution in [0.15, 0.2) is 65.4 Å². The van der Waals surface area contributed by atoms with E-state index in [0.717, 1.165) is 24.6 Å². The molecule has 0 spiro atoms. The first-order chi connectivity index (χ1) is 12.8. The molecule has 0 unspecified atom stereocenters. The van der Waals surface area contributed by atoms with Crippen LogP contribution in [-0.2, 0) is 0 Å². The Bertz CT molecular complexity index is 852. The lowest BCUT2D eigenvalue weighted by Gasteiger charge is -2.17. The second kappa shape index (κ2) is 7.31. The van der Waals surface area contributed by atoms with E-state index in [1.54, 1.807) is 24.4 Å². The first kappa shape index (κ1) is 16.2. The van der Waals surface area contributed by atoms with E-state index in [0.29, 0.717) is 5.69 Å². The van der Waals surface area contributed by atoms with Gasteiger partial charge in [0, 0.05) is 24.5 Å². The van der Waals surface area contributed by atoms with Gasteiger partial charge in [-0.1, -0.05) is 0 Å². The van der Waals surface area contributed by atoms with Gasteiger partial charge in [0.15, 0.2) is 5.76 Å². The maximum Gasteiger partial charge on any atom is 0.291 e. The molecule has 3 aromatic rings. The molecule has 4 rings (SSSR count). The fraction of sp³-hybridized carbons (Fsp3) is 0.200. The highest BCUT2D eigenvalue weighted by Crippen LogP contribution is 2.23. The second-order valence-corrected chi connectivity index (χ2v) is 6.23. The number of anilines is 4. The summed E-state index contributed by atoms with van der Waals surface area (Å²) in [7, 11) is 0. The number of nitrogens with zero attached hydrogens (tertiary/aromatic N) is 2. The summed E-state index contributed by atoms with van der Waals surface area (Å²) in [4.78, 5) is 18.7. The Morgan fingerprint density at radius 2 is 1.77 bits per heavy atom. The predicted molar refractivity (Wildman–Crippen MR) is 102 cm³/mol. The van der Waals surface area contributed by atoms with Crippen LogP contribution in [0.1, 0.15) is 23.4 Å². The third-order valence-corrected chi connectivity index (χ3v) is 4.38. The van der Waals surface area contributed by atoms with Crippen molar-refractivity contribution in [3.8, 4) is 0 Å². The third-order valence-electron chi connectivity index (χ3n) is 4.38. The quantitative estimate of drug-likeness (QED) is 0.720. The molecule has 1 aliphatic rings. The number of benzene rings is 1. The molecule has 2 N–H and O–H groups in total. The second-order valence-electron chi connectivity index (χ2n) is 6.23. The topological polar surface area (TPSA) is 70.4 Å². The van der Waals surface area contributed by atoms with E-state index in [2.05, 4.69) is 44.8 Å². The first-order valence-electron chi connectivity index (χ1n) is 8.71. The van der Waals surface area contributed by atoms with Gasteiger partial charge in [-0.3, -0.25) is 4.79 Å². The van der Waals surface area contributed by atoms with Crippen molar-refractivity contribution in [2.75, 3.05) is 28.6 Å². The molecular weight excluding hydrogens is 328 g/mol. The number of amides is 1. The van der Waals surface area contributed by atoms with Crippen molar-refractivity contribution in [1.29, 1.82) is 0 Å². The fourth-order valence-corrected chi connectivity index (χ4v) is 3.02. The van der Waals surface area contributed by atoms with Gasteiger partial charge in [-0.25, -0.2) is 4.98 Å². The Labute approximate surface area is 151 Å². The molecule has 0 saturated carbocycles. The Balaban J connectivity index is 1.37. The summed E-state index contributed by atoms with van der Waals surface area (Å²) < 4.78 is 5.07. The van der Waals surface area contributed by atoms with Gasteiger partial charge in [-0.05, 0) is 61.4 Å². The minimum absolute atomic E-state index is 0.269. The summed E-state index contributed by atoms with van der Waals surface area (Å²) in [6, 6.07) is 15.3. The molecule has 0 aliphatic carbocycles. The van der Waals surface area contributed by atoms with E-state index in [-0.39, 0.29) is 11.7 Å². The molecule has 1 saturated heterocycles. The van der Waals surface area contributed by atoms with Gasteiger partial charge < -0.3 is 20.0 Å². The van der Waals surface area contributed by atoms with Gasteiger partial charge in [0.1, 0.15) is 5.82 Å². The van der Waals surface area contributed by atoms with Crippen molar-refractivity contribution in [2.24, 2.45) is 0 Å². The van der Waals surface area contributed by atoms with Crippen LogP contribution in [-0.4, -0.2) is 24.0 Å². The van der Waals surface area contributed by atoms with Crippen molar-refractivity contribution in [2.45, 2.75) is 12.8 Å². The number of nitrogens with one attached hydrogen (secondary N) is 2. The van der Waals surface area contributed by atoms with Gasteiger partial charge in [-0.15, -0.1) is 0 Å². The summed E-state index contributed by atoms with van der Waals surface area (Å²) in [6.45, 7) is 2.28. The van der Waals surface area contributed by atoms with Crippen LogP contribution in [0.4, 0.5) is 22.9 Å². The van der Waals surface area contributed by atoms with Crippen LogP contribution in [0.3, 0.4) is 0 Å².